The fourth-order valence-electron chi connectivity index (χ4n) is 4.76. The van der Waals surface area contributed by atoms with E-state index in [1.165, 1.54) is 6.07 Å². The van der Waals surface area contributed by atoms with Crippen LogP contribution in [0.3, 0.4) is 0 Å². The van der Waals surface area contributed by atoms with E-state index < -0.39 is 0 Å². The van der Waals surface area contributed by atoms with Crippen LogP contribution in [0.4, 0.5) is 4.39 Å². The third-order valence-corrected chi connectivity index (χ3v) is 6.74. The maximum Gasteiger partial charge on any atom is 0.131 e. The Morgan fingerprint density at radius 1 is 0.816 bits per heavy atom. The van der Waals surface area contributed by atoms with Gasteiger partial charge in [0.15, 0.2) is 0 Å². The molecule has 38 heavy (non-hydrogen) atoms. The molecule has 0 fully saturated rings. The monoisotopic (exact) mass is 510 g/mol. The molecule has 0 bridgehead atoms. The van der Waals surface area contributed by atoms with E-state index in [2.05, 4.69) is 39.0 Å². The topological polar surface area (TPSA) is 35.5 Å². The summed E-state index contributed by atoms with van der Waals surface area (Å²) < 4.78 is 26.4. The van der Waals surface area contributed by atoms with Crippen molar-refractivity contribution >= 4 is 5.78 Å². The highest BCUT2D eigenvalue weighted by molar-refractivity contribution is 5.77. The van der Waals surface area contributed by atoms with Crippen molar-refractivity contribution < 1.29 is 18.7 Å². The number of ketones is 1. The van der Waals surface area contributed by atoms with Crippen LogP contribution < -0.4 is 9.47 Å². The summed E-state index contributed by atoms with van der Waals surface area (Å²) >= 11 is 0. The van der Waals surface area contributed by atoms with Crippen LogP contribution in [-0.4, -0.2) is 12.9 Å². The second-order valence-electron chi connectivity index (χ2n) is 10.7. The second kappa shape index (κ2) is 11.6. The Kier molecular flexibility index (Phi) is 8.31. The number of hydrogen-bond acceptors (Lipinski definition) is 3. The summed E-state index contributed by atoms with van der Waals surface area (Å²) in [7, 11) is 1.58. The van der Waals surface area contributed by atoms with Gasteiger partial charge in [0.25, 0.3) is 0 Å². The normalized spacial score (nSPS) is 12.2. The van der Waals surface area contributed by atoms with Crippen LogP contribution in [0, 0.1) is 5.82 Å². The first-order valence-electron chi connectivity index (χ1n) is 12.9. The predicted molar refractivity (Wildman–Crippen MR) is 151 cm³/mol. The molecular formula is C34H35FO3. The summed E-state index contributed by atoms with van der Waals surface area (Å²) in [4.78, 5) is 11.9. The van der Waals surface area contributed by atoms with Gasteiger partial charge < -0.3 is 9.47 Å². The highest BCUT2D eigenvalue weighted by Crippen LogP contribution is 2.37. The molecule has 0 aliphatic heterocycles. The summed E-state index contributed by atoms with van der Waals surface area (Å²) in [6.45, 7) is 8.34. The molecule has 0 amide bonds. The molecule has 0 aliphatic carbocycles. The Morgan fingerprint density at radius 2 is 1.47 bits per heavy atom. The van der Waals surface area contributed by atoms with E-state index in [4.69, 9.17) is 9.47 Å². The van der Waals surface area contributed by atoms with Crippen LogP contribution in [0.15, 0.2) is 91.0 Å². The molecule has 4 aromatic rings. The lowest BCUT2D eigenvalue weighted by Gasteiger charge is -2.24. The smallest absolute Gasteiger partial charge is 0.131 e. The number of carbonyl (C=O) groups is 1. The maximum absolute atomic E-state index is 14.9. The number of Topliss-reactive ketones (excluding diaryl/α,β-unsaturated/α-hetero) is 1. The van der Waals surface area contributed by atoms with Gasteiger partial charge in [0.05, 0.1) is 7.11 Å². The number of rotatable bonds is 9. The van der Waals surface area contributed by atoms with Gasteiger partial charge >= 0.3 is 0 Å². The molecule has 3 nitrogen and oxygen atoms in total. The zero-order chi connectivity index (χ0) is 27.3. The van der Waals surface area contributed by atoms with Crippen LogP contribution in [0.5, 0.6) is 11.5 Å². The Morgan fingerprint density at radius 3 is 2.11 bits per heavy atom. The molecule has 4 aromatic carbocycles. The molecule has 1 atom stereocenters. The number of ether oxygens (including phenoxy) is 2. The molecular weight excluding hydrogens is 475 g/mol. The van der Waals surface area contributed by atoms with Gasteiger partial charge in [-0.2, -0.15) is 0 Å². The van der Waals surface area contributed by atoms with Gasteiger partial charge in [0.1, 0.15) is 29.7 Å². The molecule has 196 valence electrons. The SMILES string of the molecule is COc1ccc(F)c(-c2cc(COc3ccc([C@@H](CC(C)=O)c4ccccc4)cc3)ccc2C(C)(C)C)c1. The van der Waals surface area contributed by atoms with Crippen LogP contribution in [0.25, 0.3) is 11.1 Å². The Hall–Kier alpha value is -3.92. The Balaban J connectivity index is 1.57. The number of benzene rings is 4. The average molecular weight is 511 g/mol. The lowest BCUT2D eigenvalue weighted by molar-refractivity contribution is -0.117. The van der Waals surface area contributed by atoms with Gasteiger partial charge in [0, 0.05) is 17.9 Å². The van der Waals surface area contributed by atoms with E-state index in [0.29, 0.717) is 24.3 Å². The molecule has 0 saturated heterocycles. The largest absolute Gasteiger partial charge is 0.497 e. The van der Waals surface area contributed by atoms with E-state index in [1.54, 1.807) is 26.2 Å². The molecule has 0 aromatic heterocycles. The van der Waals surface area contributed by atoms with Gasteiger partial charge in [-0.25, -0.2) is 4.39 Å². The van der Waals surface area contributed by atoms with Gasteiger partial charge in [0.2, 0.25) is 0 Å². The summed E-state index contributed by atoms with van der Waals surface area (Å²) in [5, 5.41) is 0. The summed E-state index contributed by atoms with van der Waals surface area (Å²) in [5.74, 6) is 1.22. The Bertz CT molecular complexity index is 1390. The van der Waals surface area contributed by atoms with Crippen LogP contribution >= 0.6 is 0 Å². The van der Waals surface area contributed by atoms with E-state index >= 15 is 0 Å². The highest BCUT2D eigenvalue weighted by Gasteiger charge is 2.22. The molecule has 0 N–H and O–H groups in total. The van der Waals surface area contributed by atoms with E-state index in [-0.39, 0.29) is 22.9 Å². The van der Waals surface area contributed by atoms with Gasteiger partial charge in [-0.1, -0.05) is 75.4 Å². The minimum Gasteiger partial charge on any atom is -0.497 e. The molecule has 0 radical (unpaired) electrons. The van der Waals surface area contributed by atoms with E-state index in [1.807, 2.05) is 54.6 Å². The molecule has 4 rings (SSSR count). The minimum atomic E-state index is -0.288. The van der Waals surface area contributed by atoms with Crippen molar-refractivity contribution in [2.24, 2.45) is 0 Å². The molecule has 0 unspecified atom stereocenters. The number of carbonyl (C=O) groups excluding carboxylic acids is 1. The van der Waals surface area contributed by atoms with Crippen LogP contribution in [0.1, 0.15) is 62.3 Å². The van der Waals surface area contributed by atoms with E-state index in [9.17, 15) is 9.18 Å². The van der Waals surface area contributed by atoms with E-state index in [0.717, 1.165) is 33.6 Å². The zero-order valence-corrected chi connectivity index (χ0v) is 22.8. The summed E-state index contributed by atoms with van der Waals surface area (Å²) in [6, 6.07) is 28.9. The maximum atomic E-state index is 14.9. The van der Waals surface area contributed by atoms with Crippen molar-refractivity contribution in [3.05, 3.63) is 119 Å². The van der Waals surface area contributed by atoms with Gasteiger partial charge in [-0.05, 0) is 76.6 Å². The van der Waals surface area contributed by atoms with Crippen molar-refractivity contribution in [2.45, 2.75) is 52.1 Å². The van der Waals surface area contributed by atoms with Crippen molar-refractivity contribution in [1.29, 1.82) is 0 Å². The molecule has 0 saturated carbocycles. The second-order valence-corrected chi connectivity index (χ2v) is 10.7. The first-order chi connectivity index (χ1) is 18.2. The summed E-state index contributed by atoms with van der Waals surface area (Å²) in [6.07, 6.45) is 0.452. The van der Waals surface area contributed by atoms with Crippen molar-refractivity contribution in [1.82, 2.24) is 0 Å². The van der Waals surface area contributed by atoms with Crippen molar-refractivity contribution in [3.63, 3.8) is 0 Å². The number of halogens is 1. The fourth-order valence-corrected chi connectivity index (χ4v) is 4.76. The average Bonchev–Trinajstić information content (AvgIpc) is 2.91. The number of hydrogen-bond donors (Lipinski definition) is 0. The van der Waals surface area contributed by atoms with Crippen molar-refractivity contribution in [3.8, 4) is 22.6 Å². The summed E-state index contributed by atoms with van der Waals surface area (Å²) in [5.41, 5.74) is 5.36. The molecule has 4 heteroatoms. The van der Waals surface area contributed by atoms with Crippen molar-refractivity contribution in [2.75, 3.05) is 7.11 Å². The lowest BCUT2D eigenvalue weighted by atomic mass is 9.81. The lowest BCUT2D eigenvalue weighted by Crippen LogP contribution is -2.13. The molecule has 0 spiro atoms. The molecule has 0 aliphatic rings. The minimum absolute atomic E-state index is 0.00742. The zero-order valence-electron chi connectivity index (χ0n) is 22.8. The first kappa shape index (κ1) is 27.1. The quantitative estimate of drug-likeness (QED) is 0.226. The third kappa shape index (κ3) is 6.49. The standard InChI is InChI=1S/C34H35FO3/c1-23(36)19-29(25-9-7-6-8-10-25)26-12-14-27(15-13-26)38-22-24-11-17-32(34(2,3)4)30(20-24)31-21-28(37-5)16-18-33(31)35/h6-18,20-21,29H,19,22H2,1-5H3/t29-/m0/s1. The molecule has 0 heterocycles. The van der Waals surface area contributed by atoms with Gasteiger partial charge in [-0.3, -0.25) is 4.79 Å². The van der Waals surface area contributed by atoms with Gasteiger partial charge in [-0.15, -0.1) is 0 Å². The third-order valence-electron chi connectivity index (χ3n) is 6.74. The fraction of sp³-hybridized carbons (Fsp3) is 0.265. The van der Waals surface area contributed by atoms with Crippen LogP contribution in [0.2, 0.25) is 0 Å². The highest BCUT2D eigenvalue weighted by atomic mass is 19.1. The Labute approximate surface area is 225 Å². The first-order valence-corrected chi connectivity index (χ1v) is 12.9. The number of methoxy groups -OCH3 is 1. The van der Waals surface area contributed by atoms with Crippen LogP contribution in [-0.2, 0) is 16.8 Å². The predicted octanol–water partition coefficient (Wildman–Crippen LogP) is 8.49.